The Morgan fingerprint density at radius 2 is 1.64 bits per heavy atom. The molecule has 0 bridgehead atoms. The highest BCUT2D eigenvalue weighted by molar-refractivity contribution is 9.10. The molecule has 0 radical (unpaired) electrons. The van der Waals surface area contributed by atoms with Crippen molar-refractivity contribution in [3.63, 3.8) is 0 Å². The van der Waals surface area contributed by atoms with Crippen LogP contribution in [0.5, 0.6) is 0 Å². The molecular weight excluding hydrogens is 532 g/mol. The van der Waals surface area contributed by atoms with E-state index in [0.717, 1.165) is 49.9 Å². The predicted molar refractivity (Wildman–Crippen MR) is 152 cm³/mol. The van der Waals surface area contributed by atoms with Crippen molar-refractivity contribution in [3.05, 3.63) is 123 Å². The SMILES string of the molecule is Cc1cccc(C2=NN(c3nc(-c4ccc(Cl)cc4)c4ccccc4n3)[C@H](c3cccc(Br)c3)C2)c1. The summed E-state index contributed by atoms with van der Waals surface area (Å²) in [6, 6.07) is 32.7. The topological polar surface area (TPSA) is 41.4 Å². The van der Waals surface area contributed by atoms with Crippen LogP contribution in [-0.4, -0.2) is 15.7 Å². The molecule has 36 heavy (non-hydrogen) atoms. The Kier molecular flexibility index (Phi) is 6.04. The monoisotopic (exact) mass is 552 g/mol. The van der Waals surface area contributed by atoms with Gasteiger partial charge in [0.1, 0.15) is 0 Å². The summed E-state index contributed by atoms with van der Waals surface area (Å²) in [5, 5.41) is 8.76. The van der Waals surface area contributed by atoms with Crippen LogP contribution < -0.4 is 5.01 Å². The maximum absolute atomic E-state index is 6.17. The van der Waals surface area contributed by atoms with Crippen molar-refractivity contribution in [1.82, 2.24) is 9.97 Å². The van der Waals surface area contributed by atoms with E-state index >= 15 is 0 Å². The minimum absolute atomic E-state index is 0.0303. The number of para-hydroxylation sites is 1. The normalized spacial score (nSPS) is 15.4. The molecule has 4 nitrogen and oxygen atoms in total. The zero-order valence-corrected chi connectivity index (χ0v) is 21.9. The molecule has 0 spiro atoms. The zero-order valence-electron chi connectivity index (χ0n) is 19.6. The molecule has 6 heteroatoms. The first kappa shape index (κ1) is 22.9. The lowest BCUT2D eigenvalue weighted by Crippen LogP contribution is -2.21. The molecular formula is C30H22BrClN4. The van der Waals surface area contributed by atoms with Crippen molar-refractivity contribution < 1.29 is 0 Å². The maximum atomic E-state index is 6.17. The van der Waals surface area contributed by atoms with Crippen LogP contribution in [0.4, 0.5) is 5.95 Å². The average molecular weight is 554 g/mol. The number of hydrazone groups is 1. The average Bonchev–Trinajstić information content (AvgIpc) is 3.34. The highest BCUT2D eigenvalue weighted by Gasteiger charge is 2.32. The van der Waals surface area contributed by atoms with E-state index in [9.17, 15) is 0 Å². The van der Waals surface area contributed by atoms with Crippen LogP contribution in [-0.2, 0) is 0 Å². The van der Waals surface area contributed by atoms with Gasteiger partial charge in [0.2, 0.25) is 5.95 Å². The summed E-state index contributed by atoms with van der Waals surface area (Å²) in [6.45, 7) is 2.10. The second-order valence-electron chi connectivity index (χ2n) is 8.93. The third-order valence-corrected chi connectivity index (χ3v) is 7.15. The van der Waals surface area contributed by atoms with E-state index in [1.165, 1.54) is 5.56 Å². The molecule has 0 N–H and O–H groups in total. The lowest BCUT2D eigenvalue weighted by Gasteiger charge is -2.23. The van der Waals surface area contributed by atoms with Crippen molar-refractivity contribution in [1.29, 1.82) is 0 Å². The summed E-state index contributed by atoms with van der Waals surface area (Å²) >= 11 is 9.81. The van der Waals surface area contributed by atoms with Crippen LogP contribution in [0.3, 0.4) is 0 Å². The molecule has 1 atom stereocenters. The van der Waals surface area contributed by atoms with Crippen molar-refractivity contribution in [2.45, 2.75) is 19.4 Å². The number of hydrogen-bond donors (Lipinski definition) is 0. The highest BCUT2D eigenvalue weighted by atomic mass is 79.9. The van der Waals surface area contributed by atoms with Crippen LogP contribution in [0.25, 0.3) is 22.2 Å². The van der Waals surface area contributed by atoms with Gasteiger partial charge in [0.25, 0.3) is 0 Å². The second-order valence-corrected chi connectivity index (χ2v) is 10.3. The first-order valence-corrected chi connectivity index (χ1v) is 12.9. The Balaban J connectivity index is 1.53. The van der Waals surface area contributed by atoms with Crippen LogP contribution in [0.15, 0.2) is 107 Å². The quantitative estimate of drug-likeness (QED) is 0.224. The summed E-state index contributed by atoms with van der Waals surface area (Å²) in [6.07, 6.45) is 0.756. The molecule has 1 aliphatic heterocycles. The van der Waals surface area contributed by atoms with Crippen LogP contribution in [0, 0.1) is 6.92 Å². The van der Waals surface area contributed by atoms with E-state index in [-0.39, 0.29) is 6.04 Å². The highest BCUT2D eigenvalue weighted by Crippen LogP contribution is 2.38. The molecule has 2 heterocycles. The van der Waals surface area contributed by atoms with Crippen molar-refractivity contribution >= 4 is 50.1 Å². The molecule has 6 rings (SSSR count). The number of anilines is 1. The first-order valence-electron chi connectivity index (χ1n) is 11.8. The number of nitrogens with zero attached hydrogens (tertiary/aromatic N) is 4. The molecule has 0 fully saturated rings. The van der Waals surface area contributed by atoms with E-state index in [2.05, 4.69) is 71.4 Å². The number of fused-ring (bicyclic) bond motifs is 1. The van der Waals surface area contributed by atoms with Gasteiger partial charge in [-0.2, -0.15) is 5.10 Å². The third-order valence-electron chi connectivity index (χ3n) is 6.41. The lowest BCUT2D eigenvalue weighted by molar-refractivity contribution is 0.688. The van der Waals surface area contributed by atoms with Gasteiger partial charge in [-0.05, 0) is 48.4 Å². The van der Waals surface area contributed by atoms with Crippen molar-refractivity contribution in [2.24, 2.45) is 5.10 Å². The standard InChI is InChI=1S/C30H22BrClN4/c1-19-6-4-7-21(16-19)27-18-28(22-8-5-9-23(31)17-22)36(35-27)30-33-26-11-3-2-10-25(26)29(34-30)20-12-14-24(32)15-13-20/h2-17,28H,18H2,1H3/t28-/m0/s1. The zero-order chi connectivity index (χ0) is 24.6. The smallest absolute Gasteiger partial charge is 0.223 e. The van der Waals surface area contributed by atoms with Gasteiger partial charge in [0.05, 0.1) is 23.0 Å². The number of halogens is 2. The van der Waals surface area contributed by atoms with E-state index in [0.29, 0.717) is 11.0 Å². The number of aromatic nitrogens is 2. The van der Waals surface area contributed by atoms with Gasteiger partial charge < -0.3 is 0 Å². The van der Waals surface area contributed by atoms with Gasteiger partial charge in [-0.15, -0.1) is 0 Å². The summed E-state index contributed by atoms with van der Waals surface area (Å²) in [7, 11) is 0. The number of aryl methyl sites for hydroxylation is 1. The maximum Gasteiger partial charge on any atom is 0.247 e. The molecule has 0 saturated carbocycles. The fourth-order valence-electron chi connectivity index (χ4n) is 4.66. The van der Waals surface area contributed by atoms with Gasteiger partial charge in [-0.3, -0.25) is 0 Å². The number of hydrogen-bond acceptors (Lipinski definition) is 4. The number of benzene rings is 4. The second kappa shape index (κ2) is 9.49. The Morgan fingerprint density at radius 1 is 0.833 bits per heavy atom. The Morgan fingerprint density at radius 3 is 2.44 bits per heavy atom. The largest absolute Gasteiger partial charge is 0.247 e. The summed E-state index contributed by atoms with van der Waals surface area (Å²) in [4.78, 5) is 10.1. The number of rotatable bonds is 4. The molecule has 5 aromatic rings. The van der Waals surface area contributed by atoms with Gasteiger partial charge >= 0.3 is 0 Å². The van der Waals surface area contributed by atoms with E-state index in [4.69, 9.17) is 26.7 Å². The Bertz CT molecular complexity index is 1610. The third kappa shape index (κ3) is 4.41. The van der Waals surface area contributed by atoms with Crippen LogP contribution in [0.1, 0.15) is 29.2 Å². The lowest BCUT2D eigenvalue weighted by atomic mass is 9.98. The molecule has 0 aliphatic carbocycles. The Labute approximate surface area is 223 Å². The molecule has 1 aromatic heterocycles. The fraction of sp³-hybridized carbons (Fsp3) is 0.100. The van der Waals surface area contributed by atoms with Gasteiger partial charge in [-0.25, -0.2) is 15.0 Å². The fourth-order valence-corrected chi connectivity index (χ4v) is 5.20. The molecule has 4 aromatic carbocycles. The minimum Gasteiger partial charge on any atom is -0.223 e. The molecule has 176 valence electrons. The summed E-state index contributed by atoms with van der Waals surface area (Å²) in [5.74, 6) is 0.575. The Hall–Kier alpha value is -3.54. The van der Waals surface area contributed by atoms with Crippen LogP contribution >= 0.6 is 27.5 Å². The van der Waals surface area contributed by atoms with Gasteiger partial charge in [-0.1, -0.05) is 99.8 Å². The molecule has 1 aliphatic rings. The summed E-state index contributed by atoms with van der Waals surface area (Å²) in [5.41, 5.74) is 7.23. The van der Waals surface area contributed by atoms with E-state index in [1.807, 2.05) is 53.5 Å². The molecule has 0 amide bonds. The molecule has 0 saturated heterocycles. The van der Waals surface area contributed by atoms with Crippen molar-refractivity contribution in [2.75, 3.05) is 5.01 Å². The van der Waals surface area contributed by atoms with Gasteiger partial charge in [0.15, 0.2) is 0 Å². The molecule has 0 unspecified atom stereocenters. The minimum atomic E-state index is -0.0303. The predicted octanol–water partition coefficient (Wildman–Crippen LogP) is 8.38. The summed E-state index contributed by atoms with van der Waals surface area (Å²) < 4.78 is 1.03. The first-order chi connectivity index (χ1) is 17.5. The van der Waals surface area contributed by atoms with Gasteiger partial charge in [0, 0.05) is 26.9 Å². The van der Waals surface area contributed by atoms with Crippen molar-refractivity contribution in [3.8, 4) is 11.3 Å². The van der Waals surface area contributed by atoms with E-state index < -0.39 is 0 Å². The van der Waals surface area contributed by atoms with Crippen LogP contribution in [0.2, 0.25) is 5.02 Å². The van der Waals surface area contributed by atoms with E-state index in [1.54, 1.807) is 0 Å².